The van der Waals surface area contributed by atoms with Crippen molar-refractivity contribution in [1.29, 1.82) is 0 Å². The van der Waals surface area contributed by atoms with E-state index in [1.54, 1.807) is 19.4 Å². The first-order valence-electron chi connectivity index (χ1n) is 4.46. The van der Waals surface area contributed by atoms with Gasteiger partial charge in [0.05, 0.1) is 0 Å². The Morgan fingerprint density at radius 3 is 2.43 bits per heavy atom. The van der Waals surface area contributed by atoms with Gasteiger partial charge in [0, 0.05) is 25.1 Å². The van der Waals surface area contributed by atoms with Gasteiger partial charge in [0.25, 0.3) is 0 Å². The molecule has 4 heteroatoms. The summed E-state index contributed by atoms with van der Waals surface area (Å²) in [5.41, 5.74) is 0.268. The summed E-state index contributed by atoms with van der Waals surface area (Å²) in [4.78, 5) is 15.3. The van der Waals surface area contributed by atoms with Crippen molar-refractivity contribution < 1.29 is 4.79 Å². The third-order valence-corrected chi connectivity index (χ3v) is 1.93. The minimum Gasteiger partial charge on any atom is -0.372 e. The van der Waals surface area contributed by atoms with Crippen molar-refractivity contribution in [3.8, 4) is 0 Å². The number of hydrogen-bond acceptors (Lipinski definition) is 3. The predicted octanol–water partition coefficient (Wildman–Crippen LogP) is 1.02. The molecule has 0 aliphatic heterocycles. The van der Waals surface area contributed by atoms with Crippen molar-refractivity contribution in [2.24, 2.45) is 0 Å². The van der Waals surface area contributed by atoms with Crippen LogP contribution >= 0.6 is 0 Å². The van der Waals surface area contributed by atoms with Crippen LogP contribution in [-0.4, -0.2) is 23.5 Å². The fourth-order valence-corrected chi connectivity index (χ4v) is 1.17. The number of carbonyl (C=O) groups is 1. The number of pyridine rings is 1. The van der Waals surface area contributed by atoms with E-state index in [1.165, 1.54) is 0 Å². The minimum absolute atomic E-state index is 0.0469. The van der Waals surface area contributed by atoms with Gasteiger partial charge in [-0.25, -0.2) is 0 Å². The standard InChI is InChI=1S/C10H15N3O/c1-10(2,9(14)11-3)13-8-4-6-12-7-5-8/h4-7H,1-3H3,(H,11,14)(H,12,13). The number of nitrogens with zero attached hydrogens (tertiary/aromatic N) is 1. The average Bonchev–Trinajstić information content (AvgIpc) is 2.17. The zero-order valence-corrected chi connectivity index (χ0v) is 8.66. The highest BCUT2D eigenvalue weighted by Gasteiger charge is 2.25. The maximum atomic E-state index is 11.4. The molecule has 0 aromatic carbocycles. The lowest BCUT2D eigenvalue weighted by molar-refractivity contribution is -0.123. The van der Waals surface area contributed by atoms with Crippen molar-refractivity contribution in [3.05, 3.63) is 24.5 Å². The second-order valence-corrected chi connectivity index (χ2v) is 3.57. The number of nitrogens with one attached hydrogen (secondary N) is 2. The zero-order chi connectivity index (χ0) is 10.6. The Labute approximate surface area is 83.7 Å². The van der Waals surface area contributed by atoms with E-state index in [2.05, 4.69) is 15.6 Å². The summed E-state index contributed by atoms with van der Waals surface area (Å²) in [5, 5.41) is 5.73. The number of hydrogen-bond donors (Lipinski definition) is 2. The first-order chi connectivity index (χ1) is 6.56. The van der Waals surface area contributed by atoms with Crippen molar-refractivity contribution >= 4 is 11.6 Å². The maximum absolute atomic E-state index is 11.4. The van der Waals surface area contributed by atoms with Gasteiger partial charge in [0.15, 0.2) is 0 Å². The molecular weight excluding hydrogens is 178 g/mol. The second kappa shape index (κ2) is 4.09. The first kappa shape index (κ1) is 10.5. The van der Waals surface area contributed by atoms with Gasteiger partial charge in [-0.3, -0.25) is 9.78 Å². The molecule has 0 spiro atoms. The Balaban J connectivity index is 2.73. The van der Waals surface area contributed by atoms with Gasteiger partial charge in [-0.1, -0.05) is 0 Å². The number of likely N-dealkylation sites (N-methyl/N-ethyl adjacent to an activating group) is 1. The Morgan fingerprint density at radius 2 is 1.93 bits per heavy atom. The molecule has 0 saturated heterocycles. The molecule has 0 fully saturated rings. The van der Waals surface area contributed by atoms with Crippen LogP contribution in [0.1, 0.15) is 13.8 Å². The van der Waals surface area contributed by atoms with Gasteiger partial charge in [0.2, 0.25) is 5.91 Å². The van der Waals surface area contributed by atoms with Crippen molar-refractivity contribution in [3.63, 3.8) is 0 Å². The topological polar surface area (TPSA) is 54.0 Å². The van der Waals surface area contributed by atoms with Gasteiger partial charge < -0.3 is 10.6 Å². The van der Waals surface area contributed by atoms with Crippen LogP contribution < -0.4 is 10.6 Å². The molecule has 76 valence electrons. The Bertz CT molecular complexity index is 308. The molecule has 0 aliphatic carbocycles. The first-order valence-corrected chi connectivity index (χ1v) is 4.46. The highest BCUT2D eigenvalue weighted by atomic mass is 16.2. The zero-order valence-electron chi connectivity index (χ0n) is 8.66. The van der Waals surface area contributed by atoms with Crippen LogP contribution in [0.15, 0.2) is 24.5 Å². The molecule has 0 aliphatic rings. The van der Waals surface area contributed by atoms with Crippen LogP contribution in [0.25, 0.3) is 0 Å². The van der Waals surface area contributed by atoms with Crippen LogP contribution in [0.5, 0.6) is 0 Å². The lowest BCUT2D eigenvalue weighted by Gasteiger charge is -2.25. The number of amides is 1. The van der Waals surface area contributed by atoms with E-state index in [0.29, 0.717) is 0 Å². The maximum Gasteiger partial charge on any atom is 0.244 e. The normalized spacial score (nSPS) is 10.8. The second-order valence-electron chi connectivity index (χ2n) is 3.57. The molecule has 0 radical (unpaired) electrons. The quantitative estimate of drug-likeness (QED) is 0.753. The van der Waals surface area contributed by atoms with E-state index in [9.17, 15) is 4.79 Å². The van der Waals surface area contributed by atoms with Crippen LogP contribution in [0, 0.1) is 0 Å². The van der Waals surface area contributed by atoms with E-state index in [1.807, 2.05) is 26.0 Å². The molecule has 4 nitrogen and oxygen atoms in total. The molecule has 2 N–H and O–H groups in total. The molecule has 1 amide bonds. The molecule has 14 heavy (non-hydrogen) atoms. The molecule has 0 bridgehead atoms. The molecule has 1 aromatic heterocycles. The van der Waals surface area contributed by atoms with E-state index in [4.69, 9.17) is 0 Å². The molecule has 1 heterocycles. The summed E-state index contributed by atoms with van der Waals surface area (Å²) < 4.78 is 0. The number of anilines is 1. The fraction of sp³-hybridized carbons (Fsp3) is 0.400. The van der Waals surface area contributed by atoms with Gasteiger partial charge >= 0.3 is 0 Å². The smallest absolute Gasteiger partial charge is 0.244 e. The van der Waals surface area contributed by atoms with Crippen molar-refractivity contribution in [1.82, 2.24) is 10.3 Å². The summed E-state index contributed by atoms with van der Waals surface area (Å²) in [7, 11) is 1.62. The summed E-state index contributed by atoms with van der Waals surface area (Å²) >= 11 is 0. The van der Waals surface area contributed by atoms with Crippen LogP contribution in [0.2, 0.25) is 0 Å². The summed E-state index contributed by atoms with van der Waals surface area (Å²) in [6.07, 6.45) is 3.37. The molecule has 0 atom stereocenters. The minimum atomic E-state index is -0.615. The molecule has 0 saturated carbocycles. The third-order valence-electron chi connectivity index (χ3n) is 1.93. The molecule has 1 aromatic rings. The SMILES string of the molecule is CNC(=O)C(C)(C)Nc1ccncc1. The van der Waals surface area contributed by atoms with Crippen LogP contribution in [0.3, 0.4) is 0 Å². The van der Waals surface area contributed by atoms with Gasteiger partial charge in [-0.05, 0) is 26.0 Å². The summed E-state index contributed by atoms with van der Waals surface area (Å²) in [6.45, 7) is 3.65. The monoisotopic (exact) mass is 193 g/mol. The highest BCUT2D eigenvalue weighted by Crippen LogP contribution is 2.13. The van der Waals surface area contributed by atoms with Gasteiger partial charge in [-0.15, -0.1) is 0 Å². The molecule has 0 unspecified atom stereocenters. The molecule has 1 rings (SSSR count). The van der Waals surface area contributed by atoms with E-state index < -0.39 is 5.54 Å². The summed E-state index contributed by atoms with van der Waals surface area (Å²) in [6, 6.07) is 3.65. The third kappa shape index (κ3) is 2.45. The predicted molar refractivity (Wildman–Crippen MR) is 56.0 cm³/mol. The fourth-order valence-electron chi connectivity index (χ4n) is 1.17. The van der Waals surface area contributed by atoms with E-state index in [0.717, 1.165) is 5.69 Å². The van der Waals surface area contributed by atoms with Crippen molar-refractivity contribution in [2.45, 2.75) is 19.4 Å². The van der Waals surface area contributed by atoms with Gasteiger partial charge in [-0.2, -0.15) is 0 Å². The van der Waals surface area contributed by atoms with Crippen LogP contribution in [-0.2, 0) is 4.79 Å². The Hall–Kier alpha value is -1.58. The summed E-state index contributed by atoms with van der Waals surface area (Å²) in [5.74, 6) is -0.0469. The number of aromatic nitrogens is 1. The lowest BCUT2D eigenvalue weighted by Crippen LogP contribution is -2.46. The number of carbonyl (C=O) groups excluding carboxylic acids is 1. The Morgan fingerprint density at radius 1 is 1.36 bits per heavy atom. The largest absolute Gasteiger partial charge is 0.372 e. The lowest BCUT2D eigenvalue weighted by atomic mass is 10.0. The van der Waals surface area contributed by atoms with Crippen molar-refractivity contribution in [2.75, 3.05) is 12.4 Å². The van der Waals surface area contributed by atoms with E-state index >= 15 is 0 Å². The van der Waals surface area contributed by atoms with Crippen LogP contribution in [0.4, 0.5) is 5.69 Å². The Kier molecular flexibility index (Phi) is 3.06. The van der Waals surface area contributed by atoms with Gasteiger partial charge in [0.1, 0.15) is 5.54 Å². The van der Waals surface area contributed by atoms with E-state index in [-0.39, 0.29) is 5.91 Å². The number of rotatable bonds is 3. The molecular formula is C10H15N3O. The highest BCUT2D eigenvalue weighted by molar-refractivity contribution is 5.88. The average molecular weight is 193 g/mol.